The summed E-state index contributed by atoms with van der Waals surface area (Å²) in [4.78, 5) is 1.21. The lowest BCUT2D eigenvalue weighted by Gasteiger charge is -2.06. The zero-order chi connectivity index (χ0) is 12.8. The van der Waals surface area contributed by atoms with Gasteiger partial charge in [-0.15, -0.1) is 11.8 Å². The lowest BCUT2D eigenvalue weighted by Crippen LogP contribution is -1.99. The van der Waals surface area contributed by atoms with E-state index in [0.717, 1.165) is 21.0 Å². The molecule has 1 nitrogen and oxygen atoms in total. The van der Waals surface area contributed by atoms with Gasteiger partial charge in [0.25, 0.3) is 0 Å². The van der Waals surface area contributed by atoms with E-state index in [9.17, 15) is 0 Å². The van der Waals surface area contributed by atoms with Crippen molar-refractivity contribution >= 4 is 39.3 Å². The molecule has 0 saturated heterocycles. The highest BCUT2D eigenvalue weighted by Gasteiger charge is 1.97. The van der Waals surface area contributed by atoms with E-state index in [1.54, 1.807) is 11.8 Å². The Balaban J connectivity index is 1.74. The molecule has 2 rings (SSSR count). The maximum Gasteiger partial charge on any atom is 0.120 e. The third-order valence-corrected chi connectivity index (χ3v) is 3.95. The van der Waals surface area contributed by atoms with Crippen molar-refractivity contribution in [3.63, 3.8) is 0 Å². The fraction of sp³-hybridized carbons (Fsp3) is 0.143. The first-order valence-electron chi connectivity index (χ1n) is 5.51. The number of thioether (sulfide) groups is 1. The van der Waals surface area contributed by atoms with Crippen molar-refractivity contribution < 1.29 is 4.74 Å². The summed E-state index contributed by atoms with van der Waals surface area (Å²) in [5, 5.41) is 0.768. The molecule has 0 N–H and O–H groups in total. The molecule has 0 amide bonds. The molecule has 0 aliphatic rings. The van der Waals surface area contributed by atoms with E-state index in [1.807, 2.05) is 48.5 Å². The summed E-state index contributed by atoms with van der Waals surface area (Å²) in [5.74, 6) is 1.80. The highest BCUT2D eigenvalue weighted by atomic mass is 79.9. The topological polar surface area (TPSA) is 9.23 Å². The van der Waals surface area contributed by atoms with Crippen LogP contribution in [0.3, 0.4) is 0 Å². The third kappa shape index (κ3) is 4.56. The summed E-state index contributed by atoms with van der Waals surface area (Å²) in [6.07, 6.45) is 0. The van der Waals surface area contributed by atoms with Crippen LogP contribution in [0, 0.1) is 0 Å². The van der Waals surface area contributed by atoms with Gasteiger partial charge >= 0.3 is 0 Å². The lowest BCUT2D eigenvalue weighted by atomic mass is 10.3. The monoisotopic (exact) mass is 342 g/mol. The molecule has 0 spiro atoms. The van der Waals surface area contributed by atoms with Crippen LogP contribution in [0.4, 0.5) is 0 Å². The molecule has 0 unspecified atom stereocenters. The minimum absolute atomic E-state index is 0.684. The first kappa shape index (κ1) is 13.8. The Morgan fingerprint density at radius 2 is 1.89 bits per heavy atom. The van der Waals surface area contributed by atoms with E-state index in [4.69, 9.17) is 16.3 Å². The van der Waals surface area contributed by atoms with Crippen molar-refractivity contribution in [3.05, 3.63) is 58.0 Å². The minimum Gasteiger partial charge on any atom is -0.493 e. The van der Waals surface area contributed by atoms with Crippen molar-refractivity contribution in [1.29, 1.82) is 0 Å². The van der Waals surface area contributed by atoms with E-state index in [1.165, 1.54) is 4.90 Å². The smallest absolute Gasteiger partial charge is 0.120 e. The van der Waals surface area contributed by atoms with Crippen LogP contribution in [0.15, 0.2) is 57.9 Å². The Bertz CT molecular complexity index is 501. The van der Waals surface area contributed by atoms with Gasteiger partial charge in [0.05, 0.1) is 6.61 Å². The fourth-order valence-electron chi connectivity index (χ4n) is 1.41. The first-order chi connectivity index (χ1) is 8.74. The third-order valence-electron chi connectivity index (χ3n) is 2.23. The van der Waals surface area contributed by atoms with Crippen LogP contribution >= 0.6 is 39.3 Å². The van der Waals surface area contributed by atoms with Gasteiger partial charge in [-0.1, -0.05) is 33.6 Å². The molecule has 0 aliphatic carbocycles. The zero-order valence-corrected chi connectivity index (χ0v) is 12.8. The second-order valence-electron chi connectivity index (χ2n) is 3.61. The number of ether oxygens (including phenoxy) is 1. The van der Waals surface area contributed by atoms with Gasteiger partial charge < -0.3 is 4.74 Å². The molecule has 2 aromatic rings. The predicted molar refractivity (Wildman–Crippen MR) is 81.8 cm³/mol. The van der Waals surface area contributed by atoms with Crippen molar-refractivity contribution in [2.45, 2.75) is 4.90 Å². The summed E-state index contributed by atoms with van der Waals surface area (Å²) in [6.45, 7) is 0.684. The van der Waals surface area contributed by atoms with Gasteiger partial charge in [-0.2, -0.15) is 0 Å². The quantitative estimate of drug-likeness (QED) is 0.540. The Hall–Kier alpha value is -0.640. The Morgan fingerprint density at radius 1 is 1.11 bits per heavy atom. The van der Waals surface area contributed by atoms with Crippen molar-refractivity contribution in [2.75, 3.05) is 12.4 Å². The summed E-state index contributed by atoms with van der Waals surface area (Å²) >= 11 is 11.0. The molecule has 0 fully saturated rings. The lowest BCUT2D eigenvalue weighted by molar-refractivity contribution is 0.344. The molecule has 0 saturated carbocycles. The number of rotatable bonds is 5. The standard InChI is InChI=1S/C14H12BrClOS/c15-11-2-1-3-13(10-11)17-8-9-18-14-6-4-12(16)5-7-14/h1-7,10H,8-9H2. The molecular weight excluding hydrogens is 332 g/mol. The first-order valence-corrected chi connectivity index (χ1v) is 7.66. The fourth-order valence-corrected chi connectivity index (χ4v) is 2.64. The molecule has 94 valence electrons. The largest absolute Gasteiger partial charge is 0.493 e. The van der Waals surface area contributed by atoms with Gasteiger partial charge in [-0.05, 0) is 42.5 Å². The summed E-state index contributed by atoms with van der Waals surface area (Å²) < 4.78 is 6.69. The average Bonchev–Trinajstić information content (AvgIpc) is 2.37. The normalized spacial score (nSPS) is 10.3. The molecule has 0 aliphatic heterocycles. The number of benzene rings is 2. The van der Waals surface area contributed by atoms with Crippen molar-refractivity contribution in [1.82, 2.24) is 0 Å². The molecule has 4 heteroatoms. The van der Waals surface area contributed by atoms with Crippen LogP contribution < -0.4 is 4.74 Å². The molecule has 0 bridgehead atoms. The molecule has 0 atom stereocenters. The molecule has 2 aromatic carbocycles. The van der Waals surface area contributed by atoms with Gasteiger partial charge in [-0.3, -0.25) is 0 Å². The van der Waals surface area contributed by atoms with Gasteiger partial charge in [0.1, 0.15) is 5.75 Å². The number of hydrogen-bond acceptors (Lipinski definition) is 2. The Kier molecular flexibility index (Phi) is 5.42. The van der Waals surface area contributed by atoms with E-state index in [-0.39, 0.29) is 0 Å². The molecule has 0 heterocycles. The van der Waals surface area contributed by atoms with Crippen LogP contribution in [0.25, 0.3) is 0 Å². The second kappa shape index (κ2) is 7.07. The van der Waals surface area contributed by atoms with E-state index in [2.05, 4.69) is 15.9 Å². The van der Waals surface area contributed by atoms with Crippen LogP contribution in [-0.4, -0.2) is 12.4 Å². The maximum atomic E-state index is 5.83. The molecule has 0 radical (unpaired) electrons. The van der Waals surface area contributed by atoms with Crippen LogP contribution in [0.2, 0.25) is 5.02 Å². The highest BCUT2D eigenvalue weighted by molar-refractivity contribution is 9.10. The number of halogens is 2. The van der Waals surface area contributed by atoms with E-state index >= 15 is 0 Å². The van der Waals surface area contributed by atoms with Crippen LogP contribution in [0.1, 0.15) is 0 Å². The van der Waals surface area contributed by atoms with Crippen molar-refractivity contribution in [3.8, 4) is 5.75 Å². The van der Waals surface area contributed by atoms with Crippen LogP contribution in [-0.2, 0) is 0 Å². The van der Waals surface area contributed by atoms with Gasteiger partial charge in [0.2, 0.25) is 0 Å². The predicted octanol–water partition coefficient (Wildman–Crippen LogP) is 5.27. The molecule has 18 heavy (non-hydrogen) atoms. The second-order valence-corrected chi connectivity index (χ2v) is 6.13. The highest BCUT2D eigenvalue weighted by Crippen LogP contribution is 2.21. The minimum atomic E-state index is 0.684. The van der Waals surface area contributed by atoms with Gasteiger partial charge in [-0.25, -0.2) is 0 Å². The van der Waals surface area contributed by atoms with Gasteiger partial charge in [0, 0.05) is 20.1 Å². The molecule has 0 aromatic heterocycles. The SMILES string of the molecule is Clc1ccc(SCCOc2cccc(Br)c2)cc1. The van der Waals surface area contributed by atoms with Crippen LogP contribution in [0.5, 0.6) is 5.75 Å². The Labute approximate surface area is 125 Å². The molecular formula is C14H12BrClOS. The summed E-state index contributed by atoms with van der Waals surface area (Å²) in [6, 6.07) is 15.7. The zero-order valence-electron chi connectivity index (χ0n) is 9.61. The van der Waals surface area contributed by atoms with Crippen molar-refractivity contribution in [2.24, 2.45) is 0 Å². The Morgan fingerprint density at radius 3 is 2.61 bits per heavy atom. The summed E-state index contributed by atoms with van der Waals surface area (Å²) in [5.41, 5.74) is 0. The average molecular weight is 344 g/mol. The van der Waals surface area contributed by atoms with Gasteiger partial charge in [0.15, 0.2) is 0 Å². The van der Waals surface area contributed by atoms with E-state index in [0.29, 0.717) is 6.61 Å². The summed E-state index contributed by atoms with van der Waals surface area (Å²) in [7, 11) is 0. The van der Waals surface area contributed by atoms with E-state index < -0.39 is 0 Å². The maximum absolute atomic E-state index is 5.83. The number of hydrogen-bond donors (Lipinski definition) is 0.